The van der Waals surface area contributed by atoms with E-state index >= 15 is 0 Å². The highest BCUT2D eigenvalue weighted by molar-refractivity contribution is 5.97. The Morgan fingerprint density at radius 1 is 0.907 bits per heavy atom. The smallest absolute Gasteiger partial charge is 0.407 e. The molecule has 1 saturated heterocycles. The average Bonchev–Trinajstić information content (AvgIpc) is 3.78. The van der Waals surface area contributed by atoms with Crippen LogP contribution in [0.5, 0.6) is 5.75 Å². The van der Waals surface area contributed by atoms with Crippen molar-refractivity contribution < 1.29 is 38.6 Å². The van der Waals surface area contributed by atoms with Crippen molar-refractivity contribution in [3.8, 4) is 17.6 Å². The minimum atomic E-state index is -1.10. The van der Waals surface area contributed by atoms with Gasteiger partial charge in [-0.05, 0) is 93.7 Å². The van der Waals surface area contributed by atoms with E-state index in [9.17, 15) is 33.9 Å². The van der Waals surface area contributed by atoms with E-state index in [1.165, 1.54) is 19.1 Å². The number of alkyl carbamates (subject to hydrolysis) is 1. The van der Waals surface area contributed by atoms with Crippen LogP contribution in [0.4, 0.5) is 4.79 Å². The highest BCUT2D eigenvalue weighted by Gasteiger charge is 2.49. The highest BCUT2D eigenvalue weighted by Crippen LogP contribution is 2.52. The fraction of sp³-hybridized carbons (Fsp3) is 0.605. The second-order valence-corrected chi connectivity index (χ2v) is 14.3. The summed E-state index contributed by atoms with van der Waals surface area (Å²) in [5, 5.41) is 23.1. The summed E-state index contributed by atoms with van der Waals surface area (Å²) in [6, 6.07) is 3.05. The van der Waals surface area contributed by atoms with Crippen LogP contribution in [-0.4, -0.2) is 90.9 Å². The summed E-state index contributed by atoms with van der Waals surface area (Å²) in [6.45, 7) is 1.88. The van der Waals surface area contributed by atoms with Crippen molar-refractivity contribution in [2.45, 2.75) is 95.7 Å². The maximum Gasteiger partial charge on any atom is 0.407 e. The first-order valence-electron chi connectivity index (χ1n) is 18.8. The van der Waals surface area contributed by atoms with Crippen LogP contribution in [0, 0.1) is 35.5 Å². The van der Waals surface area contributed by atoms with Gasteiger partial charge in [0.2, 0.25) is 23.6 Å². The maximum absolute atomic E-state index is 13.9. The molecule has 0 radical (unpaired) electrons. The highest BCUT2D eigenvalue weighted by atomic mass is 16.5. The first-order chi connectivity index (χ1) is 25.9. The Kier molecular flexibility index (Phi) is 15.9. The van der Waals surface area contributed by atoms with Gasteiger partial charge in [0.05, 0.1) is 19.2 Å². The molecule has 10 N–H and O–H groups in total. The summed E-state index contributed by atoms with van der Waals surface area (Å²) in [4.78, 5) is 83.2. The normalized spacial score (nSPS) is 26.2. The summed E-state index contributed by atoms with van der Waals surface area (Å²) >= 11 is 0. The Bertz CT molecular complexity index is 1570. The van der Waals surface area contributed by atoms with Gasteiger partial charge in [-0.25, -0.2) is 4.79 Å². The van der Waals surface area contributed by atoms with E-state index in [0.717, 1.165) is 25.7 Å². The van der Waals surface area contributed by atoms with E-state index in [2.05, 4.69) is 43.4 Å². The van der Waals surface area contributed by atoms with Gasteiger partial charge in [-0.1, -0.05) is 12.1 Å². The molecule has 16 heteroatoms. The van der Waals surface area contributed by atoms with Gasteiger partial charge in [0.15, 0.2) is 11.7 Å². The lowest BCUT2D eigenvalue weighted by atomic mass is 9.91. The van der Waals surface area contributed by atoms with Gasteiger partial charge < -0.3 is 47.9 Å². The van der Waals surface area contributed by atoms with Crippen LogP contribution >= 0.6 is 0 Å². The van der Waals surface area contributed by atoms with Gasteiger partial charge in [-0.15, -0.1) is 11.8 Å². The lowest BCUT2D eigenvalue weighted by Crippen LogP contribution is -2.55. The van der Waals surface area contributed by atoms with Crippen LogP contribution in [0.2, 0.25) is 0 Å². The van der Waals surface area contributed by atoms with Crippen molar-refractivity contribution in [3.05, 3.63) is 29.8 Å². The summed E-state index contributed by atoms with van der Waals surface area (Å²) in [5.41, 5.74) is 11.5. The number of hydrogen-bond acceptors (Lipinski definition) is 9. The predicted molar refractivity (Wildman–Crippen MR) is 199 cm³/mol. The van der Waals surface area contributed by atoms with Crippen molar-refractivity contribution in [1.82, 2.24) is 26.6 Å². The van der Waals surface area contributed by atoms with E-state index in [1.54, 1.807) is 12.1 Å². The molecule has 54 heavy (non-hydrogen) atoms. The molecule has 7 atom stereocenters. The zero-order valence-electron chi connectivity index (χ0n) is 30.9. The van der Waals surface area contributed by atoms with Crippen molar-refractivity contribution in [1.29, 1.82) is 0 Å². The van der Waals surface area contributed by atoms with Crippen molar-refractivity contribution in [2.24, 2.45) is 40.1 Å². The standard InChI is InChI=1S/C38H54N8O8/c1-23-32(48)20-25(19-24-13-15-26(47)16-14-24)34(50)45-31(36(52)46-30(12-8-18-41-37(39)40)35(51)43-21-33(49)44-23)11-6-7-17-42-38(53)54-22-29-27-9-4-2-3-5-10-28(27)29/h13-16,23,25,27-31,47H,4-12,17-22H2,1H3,(H,42,53)(H,43,51)(H,44,49)(H,45,50)(H,46,52)(H4,39,40,41)/t23?,25?,27-,28+,29?,30?,31?. The Balaban J connectivity index is 1.42. The number of aromatic hydroxyl groups is 1. The number of rotatable bonds is 13. The Hall–Kier alpha value is -5.33. The largest absolute Gasteiger partial charge is 0.508 e. The molecule has 294 valence electrons. The van der Waals surface area contributed by atoms with E-state index in [0.29, 0.717) is 49.2 Å². The summed E-state index contributed by atoms with van der Waals surface area (Å²) < 4.78 is 5.50. The van der Waals surface area contributed by atoms with Gasteiger partial charge in [0, 0.05) is 38.3 Å². The number of unbranched alkanes of at least 4 members (excludes halogenated alkanes) is 1. The number of phenols is 1. The van der Waals surface area contributed by atoms with Gasteiger partial charge in [0.25, 0.3) is 0 Å². The third-order valence-electron chi connectivity index (χ3n) is 10.2. The minimum absolute atomic E-state index is 0.0371. The Morgan fingerprint density at radius 2 is 1.56 bits per heavy atom. The lowest BCUT2D eigenvalue weighted by molar-refractivity contribution is -0.134. The molecule has 16 nitrogen and oxygen atoms in total. The van der Waals surface area contributed by atoms with Gasteiger partial charge in [0.1, 0.15) is 17.8 Å². The van der Waals surface area contributed by atoms with Crippen molar-refractivity contribution >= 4 is 41.5 Å². The van der Waals surface area contributed by atoms with E-state index < -0.39 is 66.1 Å². The van der Waals surface area contributed by atoms with Crippen LogP contribution in [-0.2, 0) is 35.1 Å². The number of benzene rings is 1. The van der Waals surface area contributed by atoms with Crippen LogP contribution in [0.25, 0.3) is 0 Å². The van der Waals surface area contributed by atoms with Crippen LogP contribution in [0.1, 0.15) is 76.7 Å². The molecule has 1 aromatic rings. The number of ether oxygens (including phenoxy) is 1. The monoisotopic (exact) mass is 750 g/mol. The van der Waals surface area contributed by atoms with Crippen molar-refractivity contribution in [3.63, 3.8) is 0 Å². The number of hydrogen-bond donors (Lipinski definition) is 8. The number of carbonyl (C=O) groups excluding carboxylic acids is 6. The lowest BCUT2D eigenvalue weighted by Gasteiger charge is -2.25. The molecule has 1 heterocycles. The number of amides is 5. The first kappa shape index (κ1) is 41.4. The molecule has 0 aromatic heterocycles. The fourth-order valence-corrected chi connectivity index (χ4v) is 7.03. The number of nitrogens with one attached hydrogen (secondary N) is 5. The summed E-state index contributed by atoms with van der Waals surface area (Å²) in [6.07, 6.45) is 4.65. The molecule has 5 amide bonds. The molecule has 2 fully saturated rings. The summed E-state index contributed by atoms with van der Waals surface area (Å²) in [7, 11) is 0. The van der Waals surface area contributed by atoms with Gasteiger partial charge in [-0.3, -0.25) is 29.0 Å². The van der Waals surface area contributed by atoms with E-state index in [1.807, 2.05) is 0 Å². The molecule has 1 aromatic carbocycles. The predicted octanol–water partition coefficient (Wildman–Crippen LogP) is 0.504. The van der Waals surface area contributed by atoms with Gasteiger partial charge in [-0.2, -0.15) is 0 Å². The second-order valence-electron chi connectivity index (χ2n) is 14.3. The molecule has 3 aliphatic rings. The first-order valence-corrected chi connectivity index (χ1v) is 18.8. The Labute approximate surface area is 315 Å². The summed E-state index contributed by atoms with van der Waals surface area (Å²) in [5.74, 6) is 3.94. The zero-order valence-corrected chi connectivity index (χ0v) is 30.9. The Morgan fingerprint density at radius 3 is 2.24 bits per heavy atom. The van der Waals surface area contributed by atoms with Crippen molar-refractivity contribution in [2.75, 3.05) is 26.2 Å². The molecular weight excluding hydrogens is 696 g/mol. The zero-order chi connectivity index (χ0) is 39.0. The molecule has 1 saturated carbocycles. The molecule has 4 rings (SSSR count). The maximum atomic E-state index is 13.9. The number of phenolic OH excluding ortho intramolecular Hbond substituents is 1. The molecule has 2 aliphatic carbocycles. The number of nitrogens with two attached hydrogens (primary N) is 2. The third-order valence-corrected chi connectivity index (χ3v) is 10.2. The molecular formula is C38H54N8O8. The van der Waals surface area contributed by atoms with E-state index in [-0.39, 0.29) is 50.5 Å². The number of nitrogens with zero attached hydrogens (tertiary/aromatic N) is 1. The number of Topliss-reactive ketones (excluding diaryl/α,β-unsaturated/α-hetero) is 1. The van der Waals surface area contributed by atoms with Crippen LogP contribution in [0.3, 0.4) is 0 Å². The number of ketones is 1. The second kappa shape index (κ2) is 20.8. The SMILES string of the molecule is CC1NC(=O)CNC(=O)C(CCCN=C(N)N)NC(=O)C(CCCCNC(=O)OCC2[C@H]3CCC#CCC[C@@H]23)NC(=O)C(Cc2ccc(O)cc2)CC1=O. The van der Waals surface area contributed by atoms with Crippen LogP contribution in [0.15, 0.2) is 29.3 Å². The molecule has 1 aliphatic heterocycles. The molecule has 0 bridgehead atoms. The minimum Gasteiger partial charge on any atom is -0.508 e. The molecule has 0 spiro atoms. The number of aliphatic imine (C=N–C) groups is 1. The van der Waals surface area contributed by atoms with Gasteiger partial charge >= 0.3 is 6.09 Å². The number of carbonyl (C=O) groups is 6. The van der Waals surface area contributed by atoms with E-state index in [4.69, 9.17) is 16.2 Å². The quantitative estimate of drug-likeness (QED) is 0.0600. The molecule has 5 unspecified atom stereocenters. The number of fused-ring (bicyclic) bond motifs is 1. The third kappa shape index (κ3) is 13.6. The number of guanidine groups is 1. The topological polar surface area (TPSA) is 256 Å². The fourth-order valence-electron chi connectivity index (χ4n) is 7.03. The van der Waals surface area contributed by atoms with Crippen LogP contribution < -0.4 is 38.1 Å². The average molecular weight is 751 g/mol.